The Morgan fingerprint density at radius 2 is 1.81 bits per heavy atom. The summed E-state index contributed by atoms with van der Waals surface area (Å²) in [6.07, 6.45) is 0.546. The van der Waals surface area contributed by atoms with Crippen molar-refractivity contribution in [2.75, 3.05) is 13.7 Å². The van der Waals surface area contributed by atoms with Gasteiger partial charge in [-0.05, 0) is 30.0 Å². The maximum atomic E-state index is 13.1. The van der Waals surface area contributed by atoms with E-state index in [0.29, 0.717) is 24.3 Å². The first kappa shape index (κ1) is 12.9. The molecule has 0 unspecified atom stereocenters. The van der Waals surface area contributed by atoms with E-state index in [1.165, 1.54) is 13.2 Å². The maximum absolute atomic E-state index is 13.1. The Labute approximate surface area is 94.4 Å². The van der Waals surface area contributed by atoms with Gasteiger partial charge in [0.1, 0.15) is 5.75 Å². The summed E-state index contributed by atoms with van der Waals surface area (Å²) in [5.74, 6) is -1.39. The van der Waals surface area contributed by atoms with Crippen molar-refractivity contribution in [2.45, 2.75) is 20.3 Å². The monoisotopic (exact) mass is 229 g/mol. The molecule has 0 fully saturated rings. The number of hydrogen-bond acceptors (Lipinski definition) is 2. The molecule has 0 aromatic heterocycles. The highest BCUT2D eigenvalue weighted by Gasteiger charge is 2.20. The lowest BCUT2D eigenvalue weighted by Crippen LogP contribution is -2.26. The van der Waals surface area contributed by atoms with E-state index in [1.54, 1.807) is 0 Å². The highest BCUT2D eigenvalue weighted by molar-refractivity contribution is 5.35. The van der Waals surface area contributed by atoms with Gasteiger partial charge in [0.05, 0.1) is 7.11 Å². The van der Waals surface area contributed by atoms with Crippen LogP contribution >= 0.6 is 0 Å². The number of methoxy groups -OCH3 is 1. The van der Waals surface area contributed by atoms with Gasteiger partial charge in [-0.1, -0.05) is 13.8 Å². The van der Waals surface area contributed by atoms with E-state index in [1.807, 2.05) is 13.8 Å². The number of ether oxygens (including phenoxy) is 1. The number of nitrogens with two attached hydrogens (primary N) is 1. The average molecular weight is 229 g/mol. The first-order chi connectivity index (χ1) is 7.39. The fraction of sp³-hybridized carbons (Fsp3) is 0.500. The van der Waals surface area contributed by atoms with Crippen LogP contribution in [0.1, 0.15) is 19.4 Å². The number of rotatable bonds is 4. The predicted octanol–water partition coefficient (Wildman–Crippen LogP) is 2.50. The molecule has 0 aliphatic rings. The van der Waals surface area contributed by atoms with Gasteiger partial charge >= 0.3 is 0 Å². The van der Waals surface area contributed by atoms with E-state index in [4.69, 9.17) is 10.5 Å². The summed E-state index contributed by atoms with van der Waals surface area (Å²) >= 11 is 0. The summed E-state index contributed by atoms with van der Waals surface area (Å²) in [6, 6.07) is 2.24. The molecule has 0 aliphatic carbocycles. The molecule has 0 heterocycles. The molecule has 4 heteroatoms. The summed E-state index contributed by atoms with van der Waals surface area (Å²) in [7, 11) is 1.44. The van der Waals surface area contributed by atoms with Gasteiger partial charge < -0.3 is 10.5 Å². The third-order valence-corrected chi connectivity index (χ3v) is 2.54. The molecule has 0 bridgehead atoms. The normalized spacial score (nSPS) is 11.6. The van der Waals surface area contributed by atoms with Crippen LogP contribution < -0.4 is 10.5 Å². The Morgan fingerprint density at radius 3 is 2.31 bits per heavy atom. The molecule has 1 rings (SSSR count). The lowest BCUT2D eigenvalue weighted by molar-refractivity contribution is 0.355. The zero-order chi connectivity index (χ0) is 12.3. The van der Waals surface area contributed by atoms with Crippen LogP contribution in [0.4, 0.5) is 8.78 Å². The van der Waals surface area contributed by atoms with Crippen molar-refractivity contribution in [3.8, 4) is 5.75 Å². The molecule has 0 atom stereocenters. The van der Waals surface area contributed by atoms with Crippen LogP contribution in [0.3, 0.4) is 0 Å². The Kier molecular flexibility index (Phi) is 3.86. The van der Waals surface area contributed by atoms with Gasteiger partial charge in [-0.2, -0.15) is 0 Å². The van der Waals surface area contributed by atoms with Crippen LogP contribution in [0.5, 0.6) is 5.75 Å². The van der Waals surface area contributed by atoms with Crippen molar-refractivity contribution in [1.29, 1.82) is 0 Å². The molecule has 0 saturated heterocycles. The summed E-state index contributed by atoms with van der Waals surface area (Å²) in [4.78, 5) is 0. The van der Waals surface area contributed by atoms with Crippen molar-refractivity contribution in [3.63, 3.8) is 0 Å². The quantitative estimate of drug-likeness (QED) is 0.861. The number of benzene rings is 1. The second-order valence-corrected chi connectivity index (χ2v) is 4.62. The van der Waals surface area contributed by atoms with Crippen molar-refractivity contribution in [1.82, 2.24) is 0 Å². The molecule has 0 aliphatic heterocycles. The molecule has 1 aromatic rings. The Hall–Kier alpha value is -1.16. The van der Waals surface area contributed by atoms with Crippen molar-refractivity contribution in [2.24, 2.45) is 11.1 Å². The van der Waals surface area contributed by atoms with Crippen LogP contribution in [0.2, 0.25) is 0 Å². The summed E-state index contributed by atoms with van der Waals surface area (Å²) in [5, 5.41) is 0. The van der Waals surface area contributed by atoms with Crippen LogP contribution in [-0.2, 0) is 6.42 Å². The van der Waals surface area contributed by atoms with Crippen molar-refractivity contribution < 1.29 is 13.5 Å². The molecule has 0 radical (unpaired) electrons. The van der Waals surface area contributed by atoms with Gasteiger partial charge in [0, 0.05) is 6.07 Å². The Bertz CT molecular complexity index is 378. The lowest BCUT2D eigenvalue weighted by Gasteiger charge is -2.23. The maximum Gasteiger partial charge on any atom is 0.162 e. The van der Waals surface area contributed by atoms with Crippen LogP contribution in [0.15, 0.2) is 12.1 Å². The van der Waals surface area contributed by atoms with Crippen LogP contribution in [0, 0.1) is 17.0 Å². The van der Waals surface area contributed by atoms with Crippen LogP contribution in [0.25, 0.3) is 0 Å². The lowest BCUT2D eigenvalue weighted by atomic mass is 9.85. The molecule has 90 valence electrons. The standard InChI is InChI=1S/C12H17F2NO/c1-12(2,7-15)6-8-4-9(13)10(14)5-11(8)16-3/h4-5H,6-7,15H2,1-3H3. The Morgan fingerprint density at radius 1 is 1.25 bits per heavy atom. The average Bonchev–Trinajstić information content (AvgIpc) is 2.22. The van der Waals surface area contributed by atoms with Crippen LogP contribution in [-0.4, -0.2) is 13.7 Å². The van der Waals surface area contributed by atoms with E-state index in [0.717, 1.165) is 6.07 Å². The minimum absolute atomic E-state index is 0.169. The molecule has 0 saturated carbocycles. The van der Waals surface area contributed by atoms with Gasteiger partial charge in [-0.15, -0.1) is 0 Å². The predicted molar refractivity (Wildman–Crippen MR) is 59.4 cm³/mol. The fourth-order valence-electron chi connectivity index (χ4n) is 1.49. The number of hydrogen-bond donors (Lipinski definition) is 1. The second kappa shape index (κ2) is 4.78. The topological polar surface area (TPSA) is 35.2 Å². The zero-order valence-corrected chi connectivity index (χ0v) is 9.81. The summed E-state index contributed by atoms with van der Waals surface area (Å²) < 4.78 is 31.1. The van der Waals surface area contributed by atoms with Crippen molar-refractivity contribution in [3.05, 3.63) is 29.3 Å². The van der Waals surface area contributed by atoms with E-state index < -0.39 is 11.6 Å². The highest BCUT2D eigenvalue weighted by Crippen LogP contribution is 2.28. The van der Waals surface area contributed by atoms with E-state index >= 15 is 0 Å². The molecular formula is C12H17F2NO. The first-order valence-electron chi connectivity index (χ1n) is 5.11. The molecule has 2 N–H and O–H groups in total. The SMILES string of the molecule is COc1cc(F)c(F)cc1CC(C)(C)CN. The molecule has 2 nitrogen and oxygen atoms in total. The first-order valence-corrected chi connectivity index (χ1v) is 5.11. The molecule has 0 spiro atoms. The zero-order valence-electron chi connectivity index (χ0n) is 9.81. The largest absolute Gasteiger partial charge is 0.496 e. The smallest absolute Gasteiger partial charge is 0.162 e. The minimum Gasteiger partial charge on any atom is -0.496 e. The molecule has 16 heavy (non-hydrogen) atoms. The third-order valence-electron chi connectivity index (χ3n) is 2.54. The molecule has 0 amide bonds. The van der Waals surface area contributed by atoms with Gasteiger partial charge in [-0.25, -0.2) is 8.78 Å². The summed E-state index contributed by atoms with van der Waals surface area (Å²) in [6.45, 7) is 4.40. The van der Waals surface area contributed by atoms with Crippen molar-refractivity contribution >= 4 is 0 Å². The Balaban J connectivity index is 3.08. The molecule has 1 aromatic carbocycles. The van der Waals surface area contributed by atoms with Gasteiger partial charge in [0.2, 0.25) is 0 Å². The highest BCUT2D eigenvalue weighted by atomic mass is 19.2. The third kappa shape index (κ3) is 2.92. The van der Waals surface area contributed by atoms with Gasteiger partial charge in [-0.3, -0.25) is 0 Å². The van der Waals surface area contributed by atoms with E-state index in [9.17, 15) is 8.78 Å². The van der Waals surface area contributed by atoms with E-state index in [-0.39, 0.29) is 5.41 Å². The number of halogens is 2. The fourth-order valence-corrected chi connectivity index (χ4v) is 1.49. The summed E-state index contributed by atoms with van der Waals surface area (Å²) in [5.41, 5.74) is 6.07. The van der Waals surface area contributed by atoms with Gasteiger partial charge in [0.15, 0.2) is 11.6 Å². The molecular weight excluding hydrogens is 212 g/mol. The second-order valence-electron chi connectivity index (χ2n) is 4.62. The van der Waals surface area contributed by atoms with E-state index in [2.05, 4.69) is 0 Å². The van der Waals surface area contributed by atoms with Gasteiger partial charge in [0.25, 0.3) is 0 Å². The minimum atomic E-state index is -0.897.